The highest BCUT2D eigenvalue weighted by atomic mass is 16.5. The maximum atomic E-state index is 13.6. The minimum Gasteiger partial charge on any atom is -0.503 e. The molecule has 1 unspecified atom stereocenters. The zero-order chi connectivity index (χ0) is 22.8. The highest BCUT2D eigenvalue weighted by Crippen LogP contribution is 2.41. The van der Waals surface area contributed by atoms with Crippen molar-refractivity contribution in [2.45, 2.75) is 26.3 Å². The normalized spacial score (nSPS) is 16.2. The summed E-state index contributed by atoms with van der Waals surface area (Å²) in [5, 5.41) is 11.4. The van der Waals surface area contributed by atoms with Gasteiger partial charge in [-0.15, -0.1) is 0 Å². The molecule has 0 saturated carbocycles. The van der Waals surface area contributed by atoms with Crippen molar-refractivity contribution in [2.75, 3.05) is 20.3 Å². The Morgan fingerprint density at radius 3 is 2.66 bits per heavy atom. The number of furan rings is 1. The molecule has 0 radical (unpaired) electrons. The lowest BCUT2D eigenvalue weighted by Gasteiger charge is -2.26. The molecule has 0 spiro atoms. The van der Waals surface area contributed by atoms with E-state index in [0.29, 0.717) is 47.6 Å². The van der Waals surface area contributed by atoms with E-state index in [2.05, 4.69) is 0 Å². The van der Waals surface area contributed by atoms with Gasteiger partial charge in [-0.25, -0.2) is 0 Å². The average Bonchev–Trinajstić information content (AvgIpc) is 3.34. The fourth-order valence-corrected chi connectivity index (χ4v) is 4.09. The number of methoxy groups -OCH3 is 1. The van der Waals surface area contributed by atoms with Gasteiger partial charge in [0.05, 0.1) is 25.3 Å². The van der Waals surface area contributed by atoms with Crippen LogP contribution in [-0.2, 0) is 4.79 Å². The predicted octanol–water partition coefficient (Wildman–Crippen LogP) is 4.83. The number of carbonyl (C=O) groups excluding carboxylic acids is 2. The molecule has 1 atom stereocenters. The zero-order valence-electron chi connectivity index (χ0n) is 18.3. The third kappa shape index (κ3) is 3.60. The summed E-state index contributed by atoms with van der Waals surface area (Å²) in [7, 11) is 1.52. The van der Waals surface area contributed by atoms with Gasteiger partial charge in [-0.05, 0) is 43.2 Å². The van der Waals surface area contributed by atoms with Gasteiger partial charge in [0, 0.05) is 11.9 Å². The summed E-state index contributed by atoms with van der Waals surface area (Å²) in [6, 6.07) is 13.4. The van der Waals surface area contributed by atoms with Gasteiger partial charge < -0.3 is 23.9 Å². The Labute approximate surface area is 185 Å². The molecule has 2 aromatic carbocycles. The molecule has 1 aliphatic rings. The smallest absolute Gasteiger partial charge is 0.290 e. The Bertz CT molecular complexity index is 1210. The number of ketones is 1. The second-order valence-corrected chi connectivity index (χ2v) is 7.49. The first-order chi connectivity index (χ1) is 15.5. The number of carbonyl (C=O) groups is 2. The molecule has 1 aromatic heterocycles. The molecular formula is C25H25NO6. The number of benzene rings is 2. The minimum atomic E-state index is -0.745. The van der Waals surface area contributed by atoms with Crippen LogP contribution in [0.5, 0.6) is 11.5 Å². The number of ether oxygens (including phenoxy) is 2. The first-order valence-corrected chi connectivity index (χ1v) is 10.6. The van der Waals surface area contributed by atoms with E-state index < -0.39 is 23.5 Å². The topological polar surface area (TPSA) is 89.2 Å². The zero-order valence-corrected chi connectivity index (χ0v) is 18.3. The summed E-state index contributed by atoms with van der Waals surface area (Å²) in [6.07, 6.45) is 0.671. The van der Waals surface area contributed by atoms with Crippen LogP contribution in [0.2, 0.25) is 0 Å². The van der Waals surface area contributed by atoms with Gasteiger partial charge in [-0.2, -0.15) is 0 Å². The van der Waals surface area contributed by atoms with Crippen LogP contribution >= 0.6 is 0 Å². The standard InChI is InChI=1S/C25H25NO6/c1-4-12-26-21(15-8-6-10-17(13-15)31-5-2)20(23(28)25(26)29)22(27)19-14-16-9-7-11-18(30-3)24(16)32-19/h6-11,13-14,21,28H,4-5,12H2,1-3H3. The van der Waals surface area contributed by atoms with Crippen molar-refractivity contribution in [3.63, 3.8) is 0 Å². The molecule has 7 nitrogen and oxygen atoms in total. The van der Waals surface area contributed by atoms with Crippen LogP contribution in [-0.4, -0.2) is 42.0 Å². The van der Waals surface area contributed by atoms with Gasteiger partial charge in [0.1, 0.15) is 5.75 Å². The van der Waals surface area contributed by atoms with Gasteiger partial charge in [0.15, 0.2) is 22.9 Å². The first kappa shape index (κ1) is 21.5. The quantitative estimate of drug-likeness (QED) is 0.510. The number of amides is 1. The number of aliphatic hydroxyl groups is 1. The lowest BCUT2D eigenvalue weighted by atomic mass is 9.94. The van der Waals surface area contributed by atoms with E-state index in [9.17, 15) is 14.7 Å². The van der Waals surface area contributed by atoms with Crippen LogP contribution in [0.4, 0.5) is 0 Å². The lowest BCUT2D eigenvalue weighted by molar-refractivity contribution is -0.129. The number of hydrogen-bond donors (Lipinski definition) is 1. The second-order valence-electron chi connectivity index (χ2n) is 7.49. The molecule has 166 valence electrons. The van der Waals surface area contributed by atoms with Crippen molar-refractivity contribution < 1.29 is 28.6 Å². The number of hydrogen-bond acceptors (Lipinski definition) is 6. The van der Waals surface area contributed by atoms with E-state index in [1.165, 1.54) is 12.0 Å². The van der Waals surface area contributed by atoms with Crippen molar-refractivity contribution in [2.24, 2.45) is 0 Å². The maximum Gasteiger partial charge on any atom is 0.290 e. The summed E-state index contributed by atoms with van der Waals surface area (Å²) in [4.78, 5) is 28.0. The van der Waals surface area contributed by atoms with Gasteiger partial charge in [0.25, 0.3) is 5.91 Å². The molecule has 0 fully saturated rings. The average molecular weight is 435 g/mol. The van der Waals surface area contributed by atoms with E-state index in [1.54, 1.807) is 36.4 Å². The Morgan fingerprint density at radius 1 is 1.16 bits per heavy atom. The molecule has 4 rings (SSSR count). The molecule has 0 aliphatic carbocycles. The van der Waals surface area contributed by atoms with Crippen molar-refractivity contribution in [1.82, 2.24) is 4.90 Å². The highest BCUT2D eigenvalue weighted by molar-refractivity contribution is 6.16. The van der Waals surface area contributed by atoms with E-state index in [0.717, 1.165) is 0 Å². The maximum absolute atomic E-state index is 13.6. The molecule has 2 heterocycles. The van der Waals surface area contributed by atoms with Crippen LogP contribution in [0.25, 0.3) is 11.0 Å². The fourth-order valence-electron chi connectivity index (χ4n) is 4.09. The number of Topliss-reactive ketones (excluding diaryl/α,β-unsaturated/α-hetero) is 1. The molecule has 1 aliphatic heterocycles. The van der Waals surface area contributed by atoms with Crippen LogP contribution in [0.1, 0.15) is 42.4 Å². The summed E-state index contributed by atoms with van der Waals surface area (Å²) >= 11 is 0. The van der Waals surface area contributed by atoms with E-state index in [-0.39, 0.29) is 11.3 Å². The third-order valence-electron chi connectivity index (χ3n) is 5.45. The summed E-state index contributed by atoms with van der Waals surface area (Å²) in [6.45, 7) is 4.69. The molecule has 0 saturated heterocycles. The van der Waals surface area contributed by atoms with Gasteiger partial charge in [0.2, 0.25) is 5.78 Å². The van der Waals surface area contributed by atoms with Crippen molar-refractivity contribution in [1.29, 1.82) is 0 Å². The minimum absolute atomic E-state index is 0.00452. The number of rotatable bonds is 8. The Hall–Kier alpha value is -3.74. The Balaban J connectivity index is 1.82. The summed E-state index contributed by atoms with van der Waals surface area (Å²) < 4.78 is 16.7. The van der Waals surface area contributed by atoms with Gasteiger partial charge in [-0.3, -0.25) is 9.59 Å². The van der Waals surface area contributed by atoms with Crippen molar-refractivity contribution in [3.8, 4) is 11.5 Å². The molecule has 1 N–H and O–H groups in total. The Kier molecular flexibility index (Phi) is 5.90. The van der Waals surface area contributed by atoms with E-state index in [4.69, 9.17) is 13.9 Å². The largest absolute Gasteiger partial charge is 0.503 e. The molecule has 1 amide bonds. The monoisotopic (exact) mass is 435 g/mol. The molecule has 0 bridgehead atoms. The summed E-state index contributed by atoms with van der Waals surface area (Å²) in [5.41, 5.74) is 1.11. The number of fused-ring (bicyclic) bond motifs is 1. The number of nitrogens with zero attached hydrogens (tertiary/aromatic N) is 1. The number of para-hydroxylation sites is 1. The molecule has 3 aromatic rings. The molecular weight excluding hydrogens is 410 g/mol. The van der Waals surface area contributed by atoms with Crippen LogP contribution in [0.15, 0.2) is 64.3 Å². The second kappa shape index (κ2) is 8.78. The van der Waals surface area contributed by atoms with Gasteiger partial charge >= 0.3 is 0 Å². The fraction of sp³-hybridized carbons (Fsp3) is 0.280. The van der Waals surface area contributed by atoms with Crippen LogP contribution < -0.4 is 9.47 Å². The van der Waals surface area contributed by atoms with E-state index in [1.807, 2.05) is 26.0 Å². The molecule has 32 heavy (non-hydrogen) atoms. The highest BCUT2D eigenvalue weighted by Gasteiger charge is 2.44. The summed E-state index contributed by atoms with van der Waals surface area (Å²) in [5.74, 6) is -0.516. The van der Waals surface area contributed by atoms with Crippen molar-refractivity contribution >= 4 is 22.7 Å². The van der Waals surface area contributed by atoms with Crippen LogP contribution in [0, 0.1) is 0 Å². The van der Waals surface area contributed by atoms with E-state index >= 15 is 0 Å². The molecule has 7 heteroatoms. The Morgan fingerprint density at radius 2 is 1.94 bits per heavy atom. The van der Waals surface area contributed by atoms with Gasteiger partial charge in [-0.1, -0.05) is 31.2 Å². The van der Waals surface area contributed by atoms with Crippen LogP contribution in [0.3, 0.4) is 0 Å². The van der Waals surface area contributed by atoms with Crippen molar-refractivity contribution in [3.05, 3.63) is 71.2 Å². The lowest BCUT2D eigenvalue weighted by Crippen LogP contribution is -2.31. The third-order valence-corrected chi connectivity index (χ3v) is 5.45. The number of aliphatic hydroxyl groups excluding tert-OH is 1. The predicted molar refractivity (Wildman–Crippen MR) is 119 cm³/mol. The SMILES string of the molecule is CCCN1C(=O)C(O)=C(C(=O)c2cc3cccc(OC)c3o2)C1c1cccc(OCC)c1. The first-order valence-electron chi connectivity index (χ1n) is 10.6.